The minimum atomic E-state index is 0.382. The second-order valence-corrected chi connectivity index (χ2v) is 10.1. The Morgan fingerprint density at radius 2 is 1.96 bits per heavy atom. The van der Waals surface area contributed by atoms with Crippen LogP contribution >= 0.6 is 11.3 Å². The van der Waals surface area contributed by atoms with Crippen molar-refractivity contribution < 1.29 is 9.69 Å². The lowest BCUT2D eigenvalue weighted by atomic mass is 9.78. The predicted molar refractivity (Wildman–Crippen MR) is 114 cm³/mol. The van der Waals surface area contributed by atoms with E-state index in [0.717, 1.165) is 43.4 Å². The summed E-state index contributed by atoms with van der Waals surface area (Å²) in [5.41, 5.74) is 1.10. The Labute approximate surface area is 171 Å². The molecule has 2 aliphatic heterocycles. The molecule has 150 valence electrons. The van der Waals surface area contributed by atoms with Crippen molar-refractivity contribution in [2.45, 2.75) is 63.3 Å². The van der Waals surface area contributed by atoms with Crippen LogP contribution in [0, 0.1) is 5.92 Å². The van der Waals surface area contributed by atoms with Gasteiger partial charge in [-0.25, -0.2) is 4.98 Å². The number of para-hydroxylation sites is 1. The number of nitrogens with one attached hydrogen (secondary N) is 1. The van der Waals surface area contributed by atoms with Crippen LogP contribution in [0.15, 0.2) is 24.3 Å². The number of nitrogens with zero attached hydrogens (tertiary/aromatic N) is 2. The third kappa shape index (κ3) is 3.71. The van der Waals surface area contributed by atoms with E-state index >= 15 is 0 Å². The quantitative estimate of drug-likeness (QED) is 0.862. The molecule has 3 heterocycles. The van der Waals surface area contributed by atoms with Crippen molar-refractivity contribution >= 4 is 27.5 Å². The van der Waals surface area contributed by atoms with Gasteiger partial charge >= 0.3 is 0 Å². The van der Waals surface area contributed by atoms with E-state index in [0.29, 0.717) is 18.4 Å². The highest BCUT2D eigenvalue weighted by molar-refractivity contribution is 7.18. The molecule has 0 radical (unpaired) electrons. The number of likely N-dealkylation sites (tertiary alicyclic amines) is 2. The van der Waals surface area contributed by atoms with Gasteiger partial charge in [-0.2, -0.15) is 0 Å². The van der Waals surface area contributed by atoms with Crippen molar-refractivity contribution in [1.29, 1.82) is 0 Å². The minimum absolute atomic E-state index is 0.382. The molecular formula is C23H32N3OS+. The summed E-state index contributed by atoms with van der Waals surface area (Å²) in [7, 11) is 0. The van der Waals surface area contributed by atoms with Gasteiger partial charge in [0.15, 0.2) is 6.54 Å². The zero-order chi connectivity index (χ0) is 18.9. The van der Waals surface area contributed by atoms with Gasteiger partial charge < -0.3 is 9.80 Å². The molecule has 28 heavy (non-hydrogen) atoms. The van der Waals surface area contributed by atoms with E-state index in [1.165, 1.54) is 54.8 Å². The lowest BCUT2D eigenvalue weighted by molar-refractivity contribution is -0.929. The van der Waals surface area contributed by atoms with E-state index < -0.39 is 0 Å². The second-order valence-electron chi connectivity index (χ2n) is 9.08. The molecule has 3 aliphatic rings. The molecule has 1 amide bonds. The first-order chi connectivity index (χ1) is 13.8. The highest BCUT2D eigenvalue weighted by Crippen LogP contribution is 2.33. The van der Waals surface area contributed by atoms with E-state index in [2.05, 4.69) is 29.2 Å². The fourth-order valence-corrected chi connectivity index (χ4v) is 6.96. The summed E-state index contributed by atoms with van der Waals surface area (Å²) >= 11 is 1.81. The number of hydrogen-bond donors (Lipinski definition) is 1. The van der Waals surface area contributed by atoms with E-state index in [4.69, 9.17) is 4.98 Å². The molecule has 1 aliphatic carbocycles. The maximum Gasteiger partial charge on any atom is 0.277 e. The summed E-state index contributed by atoms with van der Waals surface area (Å²) in [6.45, 7) is 3.71. The molecule has 2 aromatic rings. The average molecular weight is 399 g/mol. The number of rotatable bonds is 3. The number of hydrogen-bond acceptors (Lipinski definition) is 3. The molecule has 0 spiro atoms. The van der Waals surface area contributed by atoms with Crippen molar-refractivity contribution in [2.75, 3.05) is 26.2 Å². The maximum atomic E-state index is 13.2. The van der Waals surface area contributed by atoms with Gasteiger partial charge in [-0.05, 0) is 57.1 Å². The molecule has 1 saturated carbocycles. The molecule has 4 atom stereocenters. The zero-order valence-corrected chi connectivity index (χ0v) is 17.6. The van der Waals surface area contributed by atoms with Gasteiger partial charge in [0.05, 0.1) is 27.8 Å². The number of carbonyl (C=O) groups is 1. The van der Waals surface area contributed by atoms with Crippen LogP contribution in [0.25, 0.3) is 10.2 Å². The van der Waals surface area contributed by atoms with Crippen LogP contribution < -0.4 is 4.90 Å². The fourth-order valence-electron chi connectivity index (χ4n) is 5.86. The van der Waals surface area contributed by atoms with E-state index in [9.17, 15) is 4.79 Å². The van der Waals surface area contributed by atoms with Gasteiger partial charge in [0.25, 0.3) is 5.91 Å². The first-order valence-electron chi connectivity index (χ1n) is 11.3. The number of fused-ring (bicyclic) bond motifs is 2. The Bertz CT molecular complexity index is 799. The SMILES string of the molecule is O=C(C[NH+]1CCC[C@H]2CCCC[C@@H]21)N1CCC[C@@H](c2nc3ccccc3s2)C1. The Balaban J connectivity index is 1.25. The van der Waals surface area contributed by atoms with Crippen LogP contribution in [0.5, 0.6) is 0 Å². The second kappa shape index (κ2) is 8.11. The van der Waals surface area contributed by atoms with Gasteiger partial charge in [-0.15, -0.1) is 11.3 Å². The largest absolute Gasteiger partial charge is 0.337 e. The van der Waals surface area contributed by atoms with E-state index in [-0.39, 0.29) is 0 Å². The molecule has 1 unspecified atom stereocenters. The standard InChI is InChI=1S/C23H31N3OS/c27-22(16-25-13-5-8-17-7-1-3-11-20(17)25)26-14-6-9-18(15-26)23-24-19-10-2-4-12-21(19)28-23/h2,4,10,12,17-18,20H,1,3,5-9,11,13-16H2/p+1/t17-,18-,20+/m1/s1. The molecular weight excluding hydrogens is 366 g/mol. The van der Waals surface area contributed by atoms with Gasteiger partial charge in [0.2, 0.25) is 0 Å². The molecule has 5 heteroatoms. The van der Waals surface area contributed by atoms with Crippen molar-refractivity contribution in [3.63, 3.8) is 0 Å². The summed E-state index contributed by atoms with van der Waals surface area (Å²) in [5.74, 6) is 1.67. The molecule has 1 aromatic carbocycles. The third-order valence-corrected chi connectivity index (χ3v) is 8.52. The topological polar surface area (TPSA) is 37.6 Å². The van der Waals surface area contributed by atoms with E-state index in [1.54, 1.807) is 4.90 Å². The van der Waals surface area contributed by atoms with Crippen LogP contribution in [0.3, 0.4) is 0 Å². The van der Waals surface area contributed by atoms with Crippen molar-refractivity contribution in [1.82, 2.24) is 9.88 Å². The first-order valence-corrected chi connectivity index (χ1v) is 12.1. The number of benzene rings is 1. The van der Waals surface area contributed by atoms with Crippen LogP contribution in [-0.2, 0) is 4.79 Å². The predicted octanol–water partition coefficient (Wildman–Crippen LogP) is 3.24. The summed E-state index contributed by atoms with van der Waals surface area (Å²) in [6.07, 6.45) is 10.5. The van der Waals surface area contributed by atoms with Gasteiger partial charge in [-0.1, -0.05) is 18.6 Å². The van der Waals surface area contributed by atoms with Crippen LogP contribution in [-0.4, -0.2) is 48.0 Å². The van der Waals surface area contributed by atoms with Gasteiger partial charge in [0, 0.05) is 24.9 Å². The van der Waals surface area contributed by atoms with Gasteiger partial charge in [-0.3, -0.25) is 4.79 Å². The lowest BCUT2D eigenvalue weighted by Crippen LogP contribution is -3.18. The van der Waals surface area contributed by atoms with Crippen LogP contribution in [0.1, 0.15) is 62.3 Å². The number of carbonyl (C=O) groups excluding carboxylic acids is 1. The first kappa shape index (κ1) is 18.6. The Morgan fingerprint density at radius 3 is 2.89 bits per heavy atom. The number of amides is 1. The average Bonchev–Trinajstić information content (AvgIpc) is 3.18. The fraction of sp³-hybridized carbons (Fsp3) is 0.652. The zero-order valence-electron chi connectivity index (χ0n) is 16.7. The monoisotopic (exact) mass is 398 g/mol. The Kier molecular flexibility index (Phi) is 5.38. The smallest absolute Gasteiger partial charge is 0.277 e. The summed E-state index contributed by atoms with van der Waals surface area (Å²) in [5, 5.41) is 1.22. The van der Waals surface area contributed by atoms with Crippen LogP contribution in [0.4, 0.5) is 0 Å². The number of aromatic nitrogens is 1. The molecule has 2 saturated heterocycles. The maximum absolute atomic E-state index is 13.2. The lowest BCUT2D eigenvalue weighted by Gasteiger charge is -2.42. The van der Waals surface area contributed by atoms with Crippen LogP contribution in [0.2, 0.25) is 0 Å². The molecule has 1 aromatic heterocycles. The molecule has 1 N–H and O–H groups in total. The number of thiazole rings is 1. The van der Waals surface area contributed by atoms with Crippen molar-refractivity contribution in [2.24, 2.45) is 5.92 Å². The number of quaternary nitrogens is 1. The summed E-state index contributed by atoms with van der Waals surface area (Å²) in [4.78, 5) is 21.8. The molecule has 0 bridgehead atoms. The molecule has 3 fully saturated rings. The third-order valence-electron chi connectivity index (χ3n) is 7.32. The summed E-state index contributed by atoms with van der Waals surface area (Å²) in [6, 6.07) is 9.14. The minimum Gasteiger partial charge on any atom is -0.337 e. The molecule has 4 nitrogen and oxygen atoms in total. The highest BCUT2D eigenvalue weighted by atomic mass is 32.1. The normalized spacial score (nSPS) is 30.9. The Hall–Kier alpha value is -1.46. The summed E-state index contributed by atoms with van der Waals surface area (Å²) < 4.78 is 1.27. The number of piperidine rings is 2. The Morgan fingerprint density at radius 1 is 1.11 bits per heavy atom. The highest BCUT2D eigenvalue weighted by Gasteiger charge is 2.38. The van der Waals surface area contributed by atoms with Gasteiger partial charge in [0.1, 0.15) is 0 Å². The molecule has 5 rings (SSSR count). The van der Waals surface area contributed by atoms with Crippen molar-refractivity contribution in [3.05, 3.63) is 29.3 Å². The van der Waals surface area contributed by atoms with Crippen molar-refractivity contribution in [3.8, 4) is 0 Å². The van der Waals surface area contributed by atoms with E-state index in [1.807, 2.05) is 11.3 Å².